The number of hydrogen-bond acceptors (Lipinski definition) is 3. The molecule has 1 heterocycles. The lowest BCUT2D eigenvalue weighted by atomic mass is 10.1. The van der Waals surface area contributed by atoms with Crippen molar-refractivity contribution in [2.45, 2.75) is 25.2 Å². The fourth-order valence-corrected chi connectivity index (χ4v) is 3.39. The van der Waals surface area contributed by atoms with E-state index < -0.39 is 0 Å². The molecule has 21 heavy (non-hydrogen) atoms. The smallest absolute Gasteiger partial charge is 0.145 e. The lowest BCUT2D eigenvalue weighted by Crippen LogP contribution is -2.08. The molecule has 1 aromatic carbocycles. The lowest BCUT2D eigenvalue weighted by Gasteiger charge is -2.11. The second-order valence-electron chi connectivity index (χ2n) is 5.10. The number of anilines is 1. The maximum absolute atomic E-state index is 14.0. The van der Waals surface area contributed by atoms with Gasteiger partial charge < -0.3 is 5.32 Å². The Balaban J connectivity index is 1.98. The normalized spacial score (nSPS) is 14.3. The van der Waals surface area contributed by atoms with E-state index in [1.54, 1.807) is 18.2 Å². The van der Waals surface area contributed by atoms with E-state index in [2.05, 4.69) is 37.9 Å². The summed E-state index contributed by atoms with van der Waals surface area (Å²) in [6.45, 7) is 0. The van der Waals surface area contributed by atoms with Crippen LogP contribution in [0.25, 0.3) is 0 Å². The molecule has 0 saturated heterocycles. The van der Waals surface area contributed by atoms with E-state index in [0.717, 1.165) is 15.1 Å². The van der Waals surface area contributed by atoms with Gasteiger partial charge in [0.1, 0.15) is 17.5 Å². The van der Waals surface area contributed by atoms with Crippen LogP contribution in [0.3, 0.4) is 0 Å². The second kappa shape index (κ2) is 6.04. The van der Waals surface area contributed by atoms with Gasteiger partial charge in [-0.3, -0.25) is 0 Å². The average molecular weight is 418 g/mol. The minimum atomic E-state index is -0.389. The van der Waals surface area contributed by atoms with Crippen molar-refractivity contribution < 1.29 is 4.39 Å². The van der Waals surface area contributed by atoms with Crippen LogP contribution in [0.4, 0.5) is 10.2 Å². The average Bonchev–Trinajstić information content (AvgIpc) is 3.30. The van der Waals surface area contributed by atoms with E-state index in [1.807, 2.05) is 7.05 Å². The largest absolute Gasteiger partial charge is 0.372 e. The van der Waals surface area contributed by atoms with Crippen molar-refractivity contribution >= 4 is 40.0 Å². The quantitative estimate of drug-likeness (QED) is 0.750. The Morgan fingerprint density at radius 1 is 1.38 bits per heavy atom. The van der Waals surface area contributed by atoms with Crippen LogP contribution in [0, 0.1) is 9.39 Å². The third-order valence-electron chi connectivity index (χ3n) is 3.50. The van der Waals surface area contributed by atoms with Crippen molar-refractivity contribution in [3.05, 3.63) is 49.7 Å². The fourth-order valence-electron chi connectivity index (χ4n) is 2.24. The molecule has 3 rings (SSSR count). The van der Waals surface area contributed by atoms with Gasteiger partial charge in [-0.15, -0.1) is 0 Å². The second-order valence-corrected chi connectivity index (χ2v) is 6.59. The Kier molecular flexibility index (Phi) is 4.31. The van der Waals surface area contributed by atoms with E-state index in [-0.39, 0.29) is 10.8 Å². The topological polar surface area (TPSA) is 37.8 Å². The van der Waals surface area contributed by atoms with Crippen LogP contribution in [-0.2, 0) is 6.42 Å². The number of halogens is 3. The number of benzene rings is 1. The molecule has 1 saturated carbocycles. The van der Waals surface area contributed by atoms with Crippen LogP contribution in [0.15, 0.2) is 18.2 Å². The lowest BCUT2D eigenvalue weighted by molar-refractivity contribution is 0.612. The van der Waals surface area contributed by atoms with Crippen molar-refractivity contribution in [2.75, 3.05) is 12.4 Å². The Morgan fingerprint density at radius 3 is 2.81 bits per heavy atom. The first-order valence-corrected chi connectivity index (χ1v) is 8.22. The van der Waals surface area contributed by atoms with Crippen molar-refractivity contribution in [1.29, 1.82) is 0 Å². The molecule has 2 aromatic rings. The molecule has 0 atom stereocenters. The zero-order chi connectivity index (χ0) is 15.0. The molecular formula is C15H14ClFIN3. The van der Waals surface area contributed by atoms with Gasteiger partial charge in [0.15, 0.2) is 0 Å². The third-order valence-corrected chi connectivity index (χ3v) is 4.86. The highest BCUT2D eigenvalue weighted by molar-refractivity contribution is 14.1. The Labute approximate surface area is 141 Å². The van der Waals surface area contributed by atoms with E-state index in [4.69, 9.17) is 11.6 Å². The zero-order valence-corrected chi connectivity index (χ0v) is 14.4. The van der Waals surface area contributed by atoms with Gasteiger partial charge in [0.25, 0.3) is 0 Å². The van der Waals surface area contributed by atoms with E-state index in [9.17, 15) is 4.39 Å². The molecular weight excluding hydrogens is 404 g/mol. The number of nitrogens with zero attached hydrogens (tertiary/aromatic N) is 2. The molecule has 110 valence electrons. The van der Waals surface area contributed by atoms with Crippen LogP contribution in [-0.4, -0.2) is 17.0 Å². The molecule has 0 spiro atoms. The summed E-state index contributed by atoms with van der Waals surface area (Å²) in [7, 11) is 1.84. The van der Waals surface area contributed by atoms with Crippen LogP contribution in [0.2, 0.25) is 5.02 Å². The molecule has 1 aromatic heterocycles. The summed E-state index contributed by atoms with van der Waals surface area (Å²) in [4.78, 5) is 9.13. The fraction of sp³-hybridized carbons (Fsp3) is 0.333. The van der Waals surface area contributed by atoms with Crippen LogP contribution in [0.1, 0.15) is 35.8 Å². The molecule has 1 fully saturated rings. The summed E-state index contributed by atoms with van der Waals surface area (Å²) in [5.74, 6) is 1.57. The van der Waals surface area contributed by atoms with Crippen molar-refractivity contribution in [3.8, 4) is 0 Å². The maximum atomic E-state index is 14.0. The molecule has 6 heteroatoms. The van der Waals surface area contributed by atoms with Gasteiger partial charge in [-0.1, -0.05) is 23.7 Å². The molecule has 0 radical (unpaired) electrons. The van der Waals surface area contributed by atoms with Gasteiger partial charge in [0, 0.05) is 19.4 Å². The van der Waals surface area contributed by atoms with Gasteiger partial charge in [-0.05, 0) is 47.1 Å². The van der Waals surface area contributed by atoms with Crippen LogP contribution in [0.5, 0.6) is 0 Å². The van der Waals surface area contributed by atoms with Gasteiger partial charge in [-0.2, -0.15) is 0 Å². The first kappa shape index (κ1) is 15.0. The zero-order valence-electron chi connectivity index (χ0n) is 11.5. The monoisotopic (exact) mass is 417 g/mol. The van der Waals surface area contributed by atoms with Crippen molar-refractivity contribution in [2.24, 2.45) is 0 Å². The SMILES string of the molecule is CNc1nc(Cc2cccc(Cl)c2F)nc(C2CC2)c1I. The first-order chi connectivity index (χ1) is 10.1. The van der Waals surface area contributed by atoms with E-state index >= 15 is 0 Å². The van der Waals surface area contributed by atoms with Gasteiger partial charge in [-0.25, -0.2) is 14.4 Å². The summed E-state index contributed by atoms with van der Waals surface area (Å²) in [6, 6.07) is 5.01. The van der Waals surface area contributed by atoms with Gasteiger partial charge in [0.2, 0.25) is 0 Å². The summed E-state index contributed by atoms with van der Waals surface area (Å²) < 4.78 is 15.1. The third kappa shape index (κ3) is 3.13. The highest BCUT2D eigenvalue weighted by Crippen LogP contribution is 2.42. The molecule has 3 nitrogen and oxygen atoms in total. The number of hydrogen-bond donors (Lipinski definition) is 1. The Morgan fingerprint density at radius 2 is 2.14 bits per heavy atom. The molecule has 1 aliphatic carbocycles. The Hall–Kier alpha value is -0.950. The minimum Gasteiger partial charge on any atom is -0.372 e. The predicted octanol–water partition coefficient (Wildman–Crippen LogP) is 4.38. The van der Waals surface area contributed by atoms with Gasteiger partial charge in [0.05, 0.1) is 14.3 Å². The summed E-state index contributed by atoms with van der Waals surface area (Å²) in [5.41, 5.74) is 1.60. The van der Waals surface area contributed by atoms with E-state index in [0.29, 0.717) is 23.7 Å². The van der Waals surface area contributed by atoms with Crippen molar-refractivity contribution in [3.63, 3.8) is 0 Å². The molecule has 0 aliphatic heterocycles. The summed E-state index contributed by atoms with van der Waals surface area (Å²) in [6.07, 6.45) is 2.68. The number of rotatable bonds is 4. The molecule has 1 N–H and O–H groups in total. The molecule has 0 amide bonds. The number of aromatic nitrogens is 2. The molecule has 0 bridgehead atoms. The number of nitrogens with one attached hydrogen (secondary N) is 1. The van der Waals surface area contributed by atoms with Gasteiger partial charge >= 0.3 is 0 Å². The summed E-state index contributed by atoms with van der Waals surface area (Å²) in [5, 5.41) is 3.23. The minimum absolute atomic E-state index is 0.134. The molecule has 1 aliphatic rings. The van der Waals surface area contributed by atoms with E-state index in [1.165, 1.54) is 12.8 Å². The Bertz CT molecular complexity index is 689. The van der Waals surface area contributed by atoms with Crippen LogP contribution >= 0.6 is 34.2 Å². The standard InChI is InChI=1S/C15H14ClFIN3/c1-19-15-13(18)14(8-5-6-8)20-11(21-15)7-9-3-2-4-10(16)12(9)17/h2-4,8H,5-7H2,1H3,(H,19,20,21). The first-order valence-electron chi connectivity index (χ1n) is 6.77. The maximum Gasteiger partial charge on any atom is 0.145 e. The highest BCUT2D eigenvalue weighted by atomic mass is 127. The predicted molar refractivity (Wildman–Crippen MR) is 90.5 cm³/mol. The van der Waals surface area contributed by atoms with Crippen molar-refractivity contribution in [1.82, 2.24) is 9.97 Å². The highest BCUT2D eigenvalue weighted by Gasteiger charge is 2.29. The van der Waals surface area contributed by atoms with Crippen LogP contribution < -0.4 is 5.32 Å². The summed E-state index contributed by atoms with van der Waals surface area (Å²) >= 11 is 8.10. The molecule has 0 unspecified atom stereocenters.